The quantitative estimate of drug-likeness (QED) is 0.825. The van der Waals surface area contributed by atoms with Gasteiger partial charge in [-0.05, 0) is 12.1 Å². The topological polar surface area (TPSA) is 85.7 Å². The summed E-state index contributed by atoms with van der Waals surface area (Å²) >= 11 is 1.17. The summed E-state index contributed by atoms with van der Waals surface area (Å²) in [4.78, 5) is 17.4. The molecule has 108 valence electrons. The standard InChI is InChI=1S/C13H12FN5OS/c14-10-4-1-2-5-11(10)19(7-3-6-15)12(20)8-21-13-16-9-17-18-13/h1-2,4-5,9H,3,7-8H2,(H,16,17,18). The third-order valence-corrected chi connectivity index (χ3v) is 3.48. The van der Waals surface area contributed by atoms with Crippen LogP contribution in [0.5, 0.6) is 0 Å². The summed E-state index contributed by atoms with van der Waals surface area (Å²) in [5.74, 6) is -0.709. The average molecular weight is 305 g/mol. The molecule has 0 aliphatic carbocycles. The number of H-pyrrole nitrogens is 1. The monoisotopic (exact) mass is 305 g/mol. The van der Waals surface area contributed by atoms with Crippen molar-refractivity contribution >= 4 is 23.4 Å². The predicted molar refractivity (Wildman–Crippen MR) is 76.1 cm³/mol. The van der Waals surface area contributed by atoms with E-state index in [4.69, 9.17) is 5.26 Å². The first kappa shape index (κ1) is 15.0. The van der Waals surface area contributed by atoms with Crippen LogP contribution in [-0.4, -0.2) is 33.4 Å². The summed E-state index contributed by atoms with van der Waals surface area (Å²) in [6.07, 6.45) is 1.48. The summed E-state index contributed by atoms with van der Waals surface area (Å²) in [6.45, 7) is 0.146. The van der Waals surface area contributed by atoms with Crippen LogP contribution >= 0.6 is 11.8 Å². The molecule has 0 fully saturated rings. The van der Waals surface area contributed by atoms with E-state index < -0.39 is 5.82 Å². The first-order valence-corrected chi connectivity index (χ1v) is 7.11. The maximum absolute atomic E-state index is 13.8. The Labute approximate surface area is 125 Å². The van der Waals surface area contributed by atoms with Gasteiger partial charge in [0.2, 0.25) is 5.91 Å². The van der Waals surface area contributed by atoms with E-state index >= 15 is 0 Å². The molecule has 8 heteroatoms. The minimum Gasteiger partial charge on any atom is -0.308 e. The minimum absolute atomic E-state index is 0.0783. The van der Waals surface area contributed by atoms with Crippen LogP contribution in [0, 0.1) is 17.1 Å². The van der Waals surface area contributed by atoms with Gasteiger partial charge in [-0.15, -0.1) is 0 Å². The third kappa shape index (κ3) is 4.03. The molecule has 1 aromatic heterocycles. The fourth-order valence-electron chi connectivity index (χ4n) is 1.68. The first-order chi connectivity index (χ1) is 10.2. The van der Waals surface area contributed by atoms with Crippen molar-refractivity contribution in [2.75, 3.05) is 17.2 Å². The first-order valence-electron chi connectivity index (χ1n) is 6.12. The molecule has 2 rings (SSSR count). The number of nitriles is 1. The van der Waals surface area contributed by atoms with Gasteiger partial charge in [0.05, 0.1) is 23.9 Å². The molecule has 2 aromatic rings. The molecule has 0 bridgehead atoms. The van der Waals surface area contributed by atoms with Crippen molar-refractivity contribution in [3.8, 4) is 6.07 Å². The number of hydrogen-bond donors (Lipinski definition) is 1. The van der Waals surface area contributed by atoms with Crippen molar-refractivity contribution in [2.24, 2.45) is 0 Å². The highest BCUT2D eigenvalue weighted by atomic mass is 32.2. The summed E-state index contributed by atoms with van der Waals surface area (Å²) < 4.78 is 13.8. The molecule has 0 atom stereocenters. The third-order valence-electron chi connectivity index (χ3n) is 2.62. The molecule has 1 amide bonds. The normalized spacial score (nSPS) is 10.1. The Bertz CT molecular complexity index is 640. The van der Waals surface area contributed by atoms with Gasteiger partial charge in [-0.3, -0.25) is 9.89 Å². The maximum Gasteiger partial charge on any atom is 0.237 e. The van der Waals surface area contributed by atoms with E-state index in [0.29, 0.717) is 5.16 Å². The summed E-state index contributed by atoms with van der Waals surface area (Å²) in [7, 11) is 0. The number of aromatic nitrogens is 3. The van der Waals surface area contributed by atoms with Crippen molar-refractivity contribution in [3.63, 3.8) is 0 Å². The number of para-hydroxylation sites is 1. The second-order valence-electron chi connectivity index (χ2n) is 3.98. The van der Waals surface area contributed by atoms with Gasteiger partial charge in [0.25, 0.3) is 0 Å². The number of hydrogen-bond acceptors (Lipinski definition) is 5. The van der Waals surface area contributed by atoms with Crippen LogP contribution in [0.25, 0.3) is 0 Å². The Kier molecular flexibility index (Phi) is 5.29. The van der Waals surface area contributed by atoms with Crippen molar-refractivity contribution in [3.05, 3.63) is 36.4 Å². The number of halogens is 1. The molecule has 21 heavy (non-hydrogen) atoms. The number of amides is 1. The maximum atomic E-state index is 13.8. The number of carbonyl (C=O) groups excluding carboxylic acids is 1. The van der Waals surface area contributed by atoms with Crippen LogP contribution in [0.15, 0.2) is 35.7 Å². The lowest BCUT2D eigenvalue weighted by molar-refractivity contribution is -0.116. The summed E-state index contributed by atoms with van der Waals surface area (Å²) in [6, 6.07) is 7.96. The molecule has 1 aromatic carbocycles. The smallest absolute Gasteiger partial charge is 0.237 e. The van der Waals surface area contributed by atoms with E-state index in [1.54, 1.807) is 12.1 Å². The summed E-state index contributed by atoms with van der Waals surface area (Å²) in [5.41, 5.74) is 0.177. The largest absolute Gasteiger partial charge is 0.308 e. The van der Waals surface area contributed by atoms with E-state index in [0.717, 1.165) is 0 Å². The number of rotatable bonds is 6. The highest BCUT2D eigenvalue weighted by molar-refractivity contribution is 7.99. The van der Waals surface area contributed by atoms with E-state index in [2.05, 4.69) is 15.2 Å². The number of benzene rings is 1. The Morgan fingerprint density at radius 1 is 1.48 bits per heavy atom. The van der Waals surface area contributed by atoms with Crippen molar-refractivity contribution in [1.82, 2.24) is 15.2 Å². The molecule has 0 saturated carbocycles. The van der Waals surface area contributed by atoms with Gasteiger partial charge >= 0.3 is 0 Å². The van der Waals surface area contributed by atoms with Gasteiger partial charge in [-0.1, -0.05) is 23.9 Å². The fourth-order valence-corrected chi connectivity index (χ4v) is 2.34. The fraction of sp³-hybridized carbons (Fsp3) is 0.231. The zero-order valence-electron chi connectivity index (χ0n) is 11.0. The molecule has 0 saturated heterocycles. The lowest BCUT2D eigenvalue weighted by Gasteiger charge is -2.21. The average Bonchev–Trinajstić information content (AvgIpc) is 3.00. The summed E-state index contributed by atoms with van der Waals surface area (Å²) in [5, 5.41) is 15.5. The van der Waals surface area contributed by atoms with Crippen LogP contribution in [0.3, 0.4) is 0 Å². The number of thioether (sulfide) groups is 1. The highest BCUT2D eigenvalue weighted by Crippen LogP contribution is 2.21. The van der Waals surface area contributed by atoms with Crippen molar-refractivity contribution < 1.29 is 9.18 Å². The number of anilines is 1. The van der Waals surface area contributed by atoms with E-state index in [1.165, 1.54) is 35.1 Å². The van der Waals surface area contributed by atoms with Crippen LogP contribution in [0.1, 0.15) is 6.42 Å². The van der Waals surface area contributed by atoms with Crippen molar-refractivity contribution in [2.45, 2.75) is 11.6 Å². The molecule has 1 heterocycles. The predicted octanol–water partition coefficient (Wildman–Crippen LogP) is 1.98. The van der Waals surface area contributed by atoms with E-state index in [9.17, 15) is 9.18 Å². The zero-order chi connectivity index (χ0) is 15.1. The number of aromatic amines is 1. The van der Waals surface area contributed by atoms with Crippen LogP contribution in [0.4, 0.5) is 10.1 Å². The molecular formula is C13H12FN5OS. The van der Waals surface area contributed by atoms with Crippen molar-refractivity contribution in [1.29, 1.82) is 5.26 Å². The molecule has 0 spiro atoms. The van der Waals surface area contributed by atoms with Gasteiger partial charge in [-0.25, -0.2) is 9.37 Å². The highest BCUT2D eigenvalue weighted by Gasteiger charge is 2.19. The zero-order valence-corrected chi connectivity index (χ0v) is 11.8. The van der Waals surface area contributed by atoms with E-state index in [-0.39, 0.29) is 30.3 Å². The minimum atomic E-state index is -0.492. The molecule has 0 radical (unpaired) electrons. The molecule has 0 aliphatic rings. The van der Waals surface area contributed by atoms with Crippen LogP contribution in [0.2, 0.25) is 0 Å². The second-order valence-corrected chi connectivity index (χ2v) is 4.95. The Hall–Kier alpha value is -2.40. The number of nitrogens with zero attached hydrogens (tertiary/aromatic N) is 4. The molecule has 0 aliphatic heterocycles. The molecule has 0 unspecified atom stereocenters. The van der Waals surface area contributed by atoms with Gasteiger partial charge in [0.15, 0.2) is 5.16 Å². The van der Waals surface area contributed by atoms with Gasteiger partial charge in [0.1, 0.15) is 12.1 Å². The second kappa shape index (κ2) is 7.40. The molecular weight excluding hydrogens is 293 g/mol. The van der Waals surface area contributed by atoms with Crippen LogP contribution < -0.4 is 4.90 Å². The Morgan fingerprint density at radius 2 is 2.29 bits per heavy atom. The lowest BCUT2D eigenvalue weighted by atomic mass is 10.2. The van der Waals surface area contributed by atoms with Gasteiger partial charge in [-0.2, -0.15) is 10.4 Å². The van der Waals surface area contributed by atoms with Crippen LogP contribution in [-0.2, 0) is 4.79 Å². The Morgan fingerprint density at radius 3 is 2.95 bits per heavy atom. The number of nitrogens with one attached hydrogen (secondary N) is 1. The van der Waals surface area contributed by atoms with Gasteiger partial charge in [0, 0.05) is 6.54 Å². The Balaban J connectivity index is 2.10. The number of carbonyl (C=O) groups is 1. The van der Waals surface area contributed by atoms with E-state index in [1.807, 2.05) is 6.07 Å². The molecule has 1 N–H and O–H groups in total. The molecule has 6 nitrogen and oxygen atoms in total. The SMILES string of the molecule is N#CCCN(C(=O)CSc1ncn[nH]1)c1ccccc1F. The van der Waals surface area contributed by atoms with Gasteiger partial charge < -0.3 is 4.90 Å². The lowest BCUT2D eigenvalue weighted by Crippen LogP contribution is -2.34.